The predicted molar refractivity (Wildman–Crippen MR) is 68.3 cm³/mol. The molecular formula is C14H21F2NO. The van der Waals surface area contributed by atoms with E-state index in [-0.39, 0.29) is 12.0 Å². The van der Waals surface area contributed by atoms with Crippen molar-refractivity contribution in [1.82, 2.24) is 0 Å². The van der Waals surface area contributed by atoms with E-state index in [0.717, 1.165) is 18.9 Å². The number of halogens is 2. The van der Waals surface area contributed by atoms with Crippen LogP contribution in [0.2, 0.25) is 0 Å². The highest BCUT2D eigenvalue weighted by Crippen LogP contribution is 2.23. The molecule has 0 aliphatic carbocycles. The number of aliphatic hydroxyl groups is 1. The van der Waals surface area contributed by atoms with Crippen LogP contribution in [0.25, 0.3) is 0 Å². The molecule has 2 nitrogen and oxygen atoms in total. The molecule has 0 aliphatic heterocycles. The summed E-state index contributed by atoms with van der Waals surface area (Å²) in [6.07, 6.45) is 1.50. The van der Waals surface area contributed by atoms with Gasteiger partial charge in [0.2, 0.25) is 0 Å². The van der Waals surface area contributed by atoms with Crippen molar-refractivity contribution in [3.8, 4) is 0 Å². The maximum atomic E-state index is 13.1. The topological polar surface area (TPSA) is 46.2 Å². The zero-order chi connectivity index (χ0) is 13.7. The third kappa shape index (κ3) is 4.03. The Kier molecular flexibility index (Phi) is 5.69. The summed E-state index contributed by atoms with van der Waals surface area (Å²) >= 11 is 0. The molecule has 1 aromatic rings. The number of hydrogen-bond donors (Lipinski definition) is 2. The summed E-state index contributed by atoms with van der Waals surface area (Å²) in [6, 6.07) is 3.57. The van der Waals surface area contributed by atoms with Crippen LogP contribution in [0.5, 0.6) is 0 Å². The van der Waals surface area contributed by atoms with Gasteiger partial charge in [-0.05, 0) is 36.5 Å². The van der Waals surface area contributed by atoms with Gasteiger partial charge in [0.1, 0.15) is 0 Å². The maximum Gasteiger partial charge on any atom is 0.159 e. The predicted octanol–water partition coefficient (Wildman–Crippen LogP) is 2.95. The SMILES string of the molecule is CCCC(N)C(O)CC(C)c1ccc(F)c(F)c1. The zero-order valence-corrected chi connectivity index (χ0v) is 10.9. The average Bonchev–Trinajstić information content (AvgIpc) is 2.32. The smallest absolute Gasteiger partial charge is 0.159 e. The molecular weight excluding hydrogens is 236 g/mol. The average molecular weight is 257 g/mol. The lowest BCUT2D eigenvalue weighted by atomic mass is 9.91. The van der Waals surface area contributed by atoms with Crippen LogP contribution in [-0.2, 0) is 0 Å². The molecule has 102 valence electrons. The van der Waals surface area contributed by atoms with Crippen LogP contribution in [0.1, 0.15) is 44.6 Å². The van der Waals surface area contributed by atoms with Gasteiger partial charge in [-0.3, -0.25) is 0 Å². The molecule has 0 aromatic heterocycles. The lowest BCUT2D eigenvalue weighted by molar-refractivity contribution is 0.124. The largest absolute Gasteiger partial charge is 0.391 e. The van der Waals surface area contributed by atoms with Gasteiger partial charge in [0.15, 0.2) is 11.6 Å². The summed E-state index contributed by atoms with van der Waals surface area (Å²) in [4.78, 5) is 0. The molecule has 0 aliphatic rings. The molecule has 0 heterocycles. The lowest BCUT2D eigenvalue weighted by Crippen LogP contribution is -2.35. The third-order valence-corrected chi connectivity index (χ3v) is 3.22. The van der Waals surface area contributed by atoms with E-state index in [1.165, 1.54) is 6.07 Å². The van der Waals surface area contributed by atoms with Gasteiger partial charge in [0.05, 0.1) is 6.10 Å². The molecule has 0 fully saturated rings. The third-order valence-electron chi connectivity index (χ3n) is 3.22. The Morgan fingerprint density at radius 3 is 2.50 bits per heavy atom. The monoisotopic (exact) mass is 257 g/mol. The number of benzene rings is 1. The van der Waals surface area contributed by atoms with E-state index in [9.17, 15) is 13.9 Å². The fourth-order valence-electron chi connectivity index (χ4n) is 2.02. The maximum absolute atomic E-state index is 13.1. The van der Waals surface area contributed by atoms with Crippen molar-refractivity contribution in [2.24, 2.45) is 5.73 Å². The minimum Gasteiger partial charge on any atom is -0.391 e. The second-order valence-corrected chi connectivity index (χ2v) is 4.83. The van der Waals surface area contributed by atoms with E-state index in [2.05, 4.69) is 0 Å². The van der Waals surface area contributed by atoms with Crippen molar-refractivity contribution in [1.29, 1.82) is 0 Å². The molecule has 18 heavy (non-hydrogen) atoms. The Bertz CT molecular complexity index is 384. The Hall–Kier alpha value is -1.00. The van der Waals surface area contributed by atoms with Crippen molar-refractivity contribution in [3.63, 3.8) is 0 Å². The first-order valence-electron chi connectivity index (χ1n) is 6.34. The van der Waals surface area contributed by atoms with Gasteiger partial charge in [-0.15, -0.1) is 0 Å². The second kappa shape index (κ2) is 6.81. The van der Waals surface area contributed by atoms with Crippen molar-refractivity contribution in [2.45, 2.75) is 51.2 Å². The molecule has 3 N–H and O–H groups in total. The highest BCUT2D eigenvalue weighted by Gasteiger charge is 2.18. The molecule has 3 atom stereocenters. The number of hydrogen-bond acceptors (Lipinski definition) is 2. The second-order valence-electron chi connectivity index (χ2n) is 4.83. The standard InChI is InChI=1S/C14H21F2NO/c1-3-4-13(17)14(18)7-9(2)10-5-6-11(15)12(16)8-10/h5-6,8-9,13-14,18H,3-4,7,17H2,1-2H3. The van der Waals surface area contributed by atoms with Crippen molar-refractivity contribution in [2.75, 3.05) is 0 Å². The van der Waals surface area contributed by atoms with E-state index in [4.69, 9.17) is 5.73 Å². The summed E-state index contributed by atoms with van der Waals surface area (Å²) in [5.74, 6) is -1.76. The molecule has 0 amide bonds. The molecule has 3 unspecified atom stereocenters. The molecule has 0 radical (unpaired) electrons. The first-order valence-corrected chi connectivity index (χ1v) is 6.34. The summed E-state index contributed by atoms with van der Waals surface area (Å²) in [7, 11) is 0. The van der Waals surface area contributed by atoms with Crippen molar-refractivity contribution < 1.29 is 13.9 Å². The van der Waals surface area contributed by atoms with Crippen LogP contribution in [0.15, 0.2) is 18.2 Å². The quantitative estimate of drug-likeness (QED) is 0.823. The lowest BCUT2D eigenvalue weighted by Gasteiger charge is -2.22. The molecule has 1 aromatic carbocycles. The van der Waals surface area contributed by atoms with Crippen LogP contribution in [-0.4, -0.2) is 17.3 Å². The van der Waals surface area contributed by atoms with Crippen LogP contribution in [0, 0.1) is 11.6 Å². The van der Waals surface area contributed by atoms with E-state index < -0.39 is 17.7 Å². The molecule has 0 saturated carbocycles. The summed E-state index contributed by atoms with van der Waals surface area (Å²) < 4.78 is 25.9. The molecule has 1 rings (SSSR count). The Labute approximate surface area is 107 Å². The van der Waals surface area contributed by atoms with Gasteiger partial charge in [-0.25, -0.2) is 8.78 Å². The van der Waals surface area contributed by atoms with Crippen molar-refractivity contribution in [3.05, 3.63) is 35.4 Å². The molecule has 0 saturated heterocycles. The summed E-state index contributed by atoms with van der Waals surface area (Å²) in [5, 5.41) is 9.91. The normalized spacial score (nSPS) is 16.3. The first-order chi connectivity index (χ1) is 8.45. The molecule has 4 heteroatoms. The Balaban J connectivity index is 2.64. The van der Waals surface area contributed by atoms with Gasteiger partial charge < -0.3 is 10.8 Å². The van der Waals surface area contributed by atoms with E-state index in [1.54, 1.807) is 6.07 Å². The summed E-state index contributed by atoms with van der Waals surface area (Å²) in [6.45, 7) is 3.87. The highest BCUT2D eigenvalue weighted by atomic mass is 19.2. The van der Waals surface area contributed by atoms with Gasteiger partial charge in [0.25, 0.3) is 0 Å². The molecule has 0 spiro atoms. The highest BCUT2D eigenvalue weighted by molar-refractivity contribution is 5.21. The van der Waals surface area contributed by atoms with Crippen molar-refractivity contribution >= 4 is 0 Å². The summed E-state index contributed by atoms with van der Waals surface area (Å²) in [5.41, 5.74) is 6.50. The van der Waals surface area contributed by atoms with Crippen LogP contribution in [0.3, 0.4) is 0 Å². The Morgan fingerprint density at radius 2 is 1.94 bits per heavy atom. The number of nitrogens with two attached hydrogens (primary N) is 1. The van der Waals surface area contributed by atoms with Crippen LogP contribution in [0.4, 0.5) is 8.78 Å². The van der Waals surface area contributed by atoms with Gasteiger partial charge in [-0.2, -0.15) is 0 Å². The van der Waals surface area contributed by atoms with E-state index in [0.29, 0.717) is 12.0 Å². The minimum atomic E-state index is -0.855. The number of rotatable bonds is 6. The van der Waals surface area contributed by atoms with Gasteiger partial charge in [-0.1, -0.05) is 26.3 Å². The molecule has 0 bridgehead atoms. The van der Waals surface area contributed by atoms with Gasteiger partial charge >= 0.3 is 0 Å². The zero-order valence-electron chi connectivity index (χ0n) is 10.9. The first kappa shape index (κ1) is 15.1. The van der Waals surface area contributed by atoms with E-state index >= 15 is 0 Å². The van der Waals surface area contributed by atoms with Crippen LogP contribution < -0.4 is 5.73 Å². The minimum absolute atomic E-state index is 0.0574. The fourth-order valence-corrected chi connectivity index (χ4v) is 2.02. The van der Waals surface area contributed by atoms with E-state index in [1.807, 2.05) is 13.8 Å². The van der Waals surface area contributed by atoms with Crippen LogP contribution >= 0.6 is 0 Å². The fraction of sp³-hybridized carbons (Fsp3) is 0.571. The Morgan fingerprint density at radius 1 is 1.28 bits per heavy atom. The number of aliphatic hydroxyl groups excluding tert-OH is 1. The van der Waals surface area contributed by atoms with Gasteiger partial charge in [0, 0.05) is 6.04 Å².